The van der Waals surface area contributed by atoms with E-state index in [-0.39, 0.29) is 37.2 Å². The quantitative estimate of drug-likeness (QED) is 0.426. The van der Waals surface area contributed by atoms with E-state index in [9.17, 15) is 41.8 Å². The van der Waals surface area contributed by atoms with E-state index < -0.39 is 75.6 Å². The molecule has 2 saturated heterocycles. The van der Waals surface area contributed by atoms with Gasteiger partial charge in [0.2, 0.25) is 11.3 Å². The van der Waals surface area contributed by atoms with Crippen LogP contribution in [0, 0.1) is 23.3 Å². The summed E-state index contributed by atoms with van der Waals surface area (Å²) in [5.41, 5.74) is -3.50. The molecule has 3 aliphatic rings. The second-order valence-electron chi connectivity index (χ2n) is 11.3. The highest BCUT2D eigenvalue weighted by Crippen LogP contribution is 2.47. The van der Waals surface area contributed by atoms with Gasteiger partial charge in [0, 0.05) is 43.0 Å². The summed E-state index contributed by atoms with van der Waals surface area (Å²) in [6.07, 6.45) is 1.66. The summed E-state index contributed by atoms with van der Waals surface area (Å²) >= 11 is 0. The predicted molar refractivity (Wildman–Crippen MR) is 144 cm³/mol. The monoisotopic (exact) mass is 614 g/mol. The molecule has 230 valence electrons. The highest BCUT2D eigenvalue weighted by atomic mass is 19.1. The van der Waals surface area contributed by atoms with E-state index in [4.69, 9.17) is 4.84 Å². The molecule has 0 radical (unpaired) electrons. The molecule has 10 nitrogen and oxygen atoms in total. The third-order valence-electron chi connectivity index (χ3n) is 8.54. The number of aromatic hydroxyl groups is 1. The fraction of sp³-hybridized carbons (Fsp3) is 0.333. The Morgan fingerprint density at radius 2 is 1.75 bits per heavy atom. The number of rotatable bonds is 5. The summed E-state index contributed by atoms with van der Waals surface area (Å²) in [4.78, 5) is 60.8. The summed E-state index contributed by atoms with van der Waals surface area (Å²) in [6.45, 7) is 1.09. The molecule has 14 heteroatoms. The van der Waals surface area contributed by atoms with Crippen LogP contribution in [0.3, 0.4) is 0 Å². The second kappa shape index (κ2) is 10.8. The number of halogens is 4. The van der Waals surface area contributed by atoms with Crippen LogP contribution in [0.15, 0.2) is 47.4 Å². The number of nitrogens with one attached hydrogen (secondary N) is 1. The number of amides is 3. The molecule has 3 aliphatic heterocycles. The van der Waals surface area contributed by atoms with Crippen molar-refractivity contribution in [3.63, 3.8) is 0 Å². The van der Waals surface area contributed by atoms with Crippen LogP contribution in [0.4, 0.5) is 17.6 Å². The van der Waals surface area contributed by atoms with Crippen LogP contribution in [0.5, 0.6) is 5.75 Å². The summed E-state index contributed by atoms with van der Waals surface area (Å²) in [6, 6.07) is 5.23. The van der Waals surface area contributed by atoms with Crippen LogP contribution in [-0.4, -0.2) is 55.5 Å². The van der Waals surface area contributed by atoms with Crippen LogP contribution in [0.25, 0.3) is 0 Å². The molecule has 6 rings (SSSR count). The van der Waals surface area contributed by atoms with Gasteiger partial charge in [0.25, 0.3) is 11.8 Å². The maximum atomic E-state index is 14.1. The fourth-order valence-corrected chi connectivity index (χ4v) is 6.15. The first kappa shape index (κ1) is 29.4. The summed E-state index contributed by atoms with van der Waals surface area (Å²) in [5, 5.41) is 14.3. The SMILES string of the molecule is C[C@H]1CC[C@@]2(CC(=O)N(Cc3ccc(F)cc3)O2)[C@H]2CN1C(=O)c1c(O)c(=O)c(C(=O)NCc3c(F)cc(F)cc3F)cn12. The van der Waals surface area contributed by atoms with Gasteiger partial charge in [-0.2, -0.15) is 0 Å². The third kappa shape index (κ3) is 4.88. The zero-order chi connectivity index (χ0) is 31.5. The average molecular weight is 615 g/mol. The van der Waals surface area contributed by atoms with Crippen molar-refractivity contribution in [2.45, 2.75) is 57.0 Å². The summed E-state index contributed by atoms with van der Waals surface area (Å²) in [5.74, 6) is -7.24. The van der Waals surface area contributed by atoms with Crippen LogP contribution in [-0.2, 0) is 22.7 Å². The Bertz CT molecular complexity index is 1740. The lowest BCUT2D eigenvalue weighted by molar-refractivity contribution is -0.218. The first-order valence-electron chi connectivity index (χ1n) is 13.8. The van der Waals surface area contributed by atoms with E-state index in [0.717, 1.165) is 11.3 Å². The number of nitrogens with zero attached hydrogens (tertiary/aromatic N) is 3. The number of fused-ring (bicyclic) bond motifs is 5. The third-order valence-corrected chi connectivity index (χ3v) is 8.54. The van der Waals surface area contributed by atoms with Gasteiger partial charge in [-0.1, -0.05) is 12.1 Å². The Balaban J connectivity index is 1.36. The Labute approximate surface area is 247 Å². The van der Waals surface area contributed by atoms with Gasteiger partial charge in [-0.3, -0.25) is 24.0 Å². The smallest absolute Gasteiger partial charge is 0.274 e. The molecule has 3 atom stereocenters. The predicted octanol–water partition coefficient (Wildman–Crippen LogP) is 3.32. The summed E-state index contributed by atoms with van der Waals surface area (Å²) < 4.78 is 56.2. The lowest BCUT2D eigenvalue weighted by Gasteiger charge is -2.42. The minimum Gasteiger partial charge on any atom is -0.503 e. The lowest BCUT2D eigenvalue weighted by atomic mass is 9.85. The van der Waals surface area contributed by atoms with Gasteiger partial charge in [-0.15, -0.1) is 0 Å². The highest BCUT2D eigenvalue weighted by molar-refractivity contribution is 5.99. The second-order valence-corrected chi connectivity index (χ2v) is 11.3. The molecule has 2 aromatic carbocycles. The minimum absolute atomic E-state index is 0.0121. The number of carbonyl (C=O) groups excluding carboxylic acids is 3. The van der Waals surface area contributed by atoms with Crippen molar-refractivity contribution >= 4 is 17.7 Å². The molecule has 3 aromatic rings. The molecule has 0 saturated carbocycles. The maximum Gasteiger partial charge on any atom is 0.274 e. The highest BCUT2D eigenvalue weighted by Gasteiger charge is 2.56. The van der Waals surface area contributed by atoms with E-state index in [1.165, 1.54) is 33.7 Å². The molecule has 1 aromatic heterocycles. The number of hydrogen-bond donors (Lipinski definition) is 2. The molecule has 2 N–H and O–H groups in total. The molecular weight excluding hydrogens is 588 g/mol. The Morgan fingerprint density at radius 3 is 2.43 bits per heavy atom. The van der Waals surface area contributed by atoms with Gasteiger partial charge in [-0.05, 0) is 37.5 Å². The number of hydrogen-bond acceptors (Lipinski definition) is 6. The van der Waals surface area contributed by atoms with Crippen molar-refractivity contribution in [1.82, 2.24) is 19.8 Å². The van der Waals surface area contributed by atoms with Crippen molar-refractivity contribution in [1.29, 1.82) is 0 Å². The Kier molecular flexibility index (Phi) is 7.19. The van der Waals surface area contributed by atoms with E-state index >= 15 is 0 Å². The summed E-state index contributed by atoms with van der Waals surface area (Å²) in [7, 11) is 0. The minimum atomic E-state index is -1.25. The topological polar surface area (TPSA) is 121 Å². The zero-order valence-corrected chi connectivity index (χ0v) is 23.3. The van der Waals surface area contributed by atoms with E-state index in [1.807, 2.05) is 0 Å². The Morgan fingerprint density at radius 1 is 1.07 bits per heavy atom. The van der Waals surface area contributed by atoms with Crippen LogP contribution in [0.2, 0.25) is 0 Å². The van der Waals surface area contributed by atoms with E-state index in [2.05, 4.69) is 5.32 Å². The number of pyridine rings is 1. The molecule has 0 unspecified atom stereocenters. The first-order valence-corrected chi connectivity index (χ1v) is 13.8. The molecule has 0 aliphatic carbocycles. The van der Waals surface area contributed by atoms with E-state index in [1.54, 1.807) is 6.92 Å². The van der Waals surface area contributed by atoms with Crippen LogP contribution in [0.1, 0.15) is 64.2 Å². The normalized spacial score (nSPS) is 22.8. The van der Waals surface area contributed by atoms with Crippen LogP contribution >= 0.6 is 0 Å². The van der Waals surface area contributed by atoms with Crippen molar-refractivity contribution in [3.05, 3.63) is 98.5 Å². The maximum absolute atomic E-state index is 14.1. The van der Waals surface area contributed by atoms with Gasteiger partial charge in [0.15, 0.2) is 11.4 Å². The van der Waals surface area contributed by atoms with Crippen molar-refractivity contribution in [3.8, 4) is 5.75 Å². The van der Waals surface area contributed by atoms with Crippen molar-refractivity contribution in [2.24, 2.45) is 0 Å². The molecule has 1 spiro atoms. The van der Waals surface area contributed by atoms with Crippen molar-refractivity contribution < 1.29 is 41.9 Å². The molecule has 2 bridgehead atoms. The number of carbonyl (C=O) groups is 3. The van der Waals surface area contributed by atoms with Crippen LogP contribution < -0.4 is 10.7 Å². The zero-order valence-electron chi connectivity index (χ0n) is 23.3. The molecule has 44 heavy (non-hydrogen) atoms. The molecule has 2 fully saturated rings. The lowest BCUT2D eigenvalue weighted by Crippen LogP contribution is -2.52. The largest absolute Gasteiger partial charge is 0.503 e. The van der Waals surface area contributed by atoms with Gasteiger partial charge in [-0.25, -0.2) is 22.6 Å². The number of aromatic nitrogens is 1. The number of benzene rings is 2. The fourth-order valence-electron chi connectivity index (χ4n) is 6.15. The molecule has 3 amide bonds. The average Bonchev–Trinajstić information content (AvgIpc) is 3.22. The Hall–Kier alpha value is -4.72. The standard InChI is InChI=1S/C30H26F4N4O6/c1-15-6-7-30(10-24(39)38(44-30)12-16-2-4-17(31)5-3-16)23-14-36(15)29(43)25-27(41)26(40)20(13-37(23)25)28(42)35-11-19-21(33)8-18(32)9-22(19)34/h2-5,8-9,13,15,23,41H,6-7,10-12,14H2,1H3,(H,35,42)/t15-,23+,30+/m0/s1. The van der Waals surface area contributed by atoms with E-state index in [0.29, 0.717) is 30.5 Å². The number of hydroxylamine groups is 2. The van der Waals surface area contributed by atoms with Crippen molar-refractivity contribution in [2.75, 3.05) is 6.54 Å². The van der Waals surface area contributed by atoms with Gasteiger partial charge in [0.1, 0.15) is 34.4 Å². The first-order chi connectivity index (χ1) is 20.9. The van der Waals surface area contributed by atoms with Gasteiger partial charge in [0.05, 0.1) is 19.0 Å². The van der Waals surface area contributed by atoms with Gasteiger partial charge < -0.3 is 19.9 Å². The molecule has 4 heterocycles. The van der Waals surface area contributed by atoms with Gasteiger partial charge >= 0.3 is 0 Å². The molecular formula is C30H26F4N4O6.